The van der Waals surface area contributed by atoms with Gasteiger partial charge in [-0.25, -0.2) is 4.79 Å². The highest BCUT2D eigenvalue weighted by Crippen LogP contribution is 2.50. The van der Waals surface area contributed by atoms with Crippen LogP contribution in [0.3, 0.4) is 0 Å². The molecule has 0 unspecified atom stereocenters. The molecule has 0 bridgehead atoms. The number of fused-ring (bicyclic) bond motifs is 2. The summed E-state index contributed by atoms with van der Waals surface area (Å²) in [5, 5.41) is 9.39. The molecule has 0 atom stereocenters. The fourth-order valence-corrected chi connectivity index (χ4v) is 4.50. The number of carboxylic acid groups (broad SMARTS) is 1. The second-order valence-corrected chi connectivity index (χ2v) is 6.49. The van der Waals surface area contributed by atoms with Crippen LogP contribution < -0.4 is 0 Å². The molecule has 1 aliphatic heterocycles. The normalized spacial score (nSPS) is 13.3. The van der Waals surface area contributed by atoms with Crippen molar-refractivity contribution in [3.8, 4) is 0 Å². The predicted molar refractivity (Wildman–Crippen MR) is 83.8 cm³/mol. The van der Waals surface area contributed by atoms with Gasteiger partial charge in [0, 0.05) is 25.1 Å². The fourth-order valence-electron chi connectivity index (χ4n) is 2.11. The van der Waals surface area contributed by atoms with Crippen molar-refractivity contribution < 1.29 is 14.6 Å². The first-order valence-electron chi connectivity index (χ1n) is 6.25. The van der Waals surface area contributed by atoms with E-state index in [1.54, 1.807) is 23.5 Å². The Kier molecular flexibility index (Phi) is 3.94. The molecule has 3 rings (SSSR count). The lowest BCUT2D eigenvalue weighted by molar-refractivity contribution is -0.130. The van der Waals surface area contributed by atoms with Gasteiger partial charge >= 0.3 is 5.97 Å². The first kappa shape index (κ1) is 14.1. The minimum absolute atomic E-state index is 0.168. The van der Waals surface area contributed by atoms with E-state index in [9.17, 15) is 9.90 Å². The highest BCUT2D eigenvalue weighted by Gasteiger charge is 2.23. The van der Waals surface area contributed by atoms with Gasteiger partial charge in [-0.1, -0.05) is 47.8 Å². The summed E-state index contributed by atoms with van der Waals surface area (Å²) in [6.07, 6.45) is 1.28. The summed E-state index contributed by atoms with van der Waals surface area (Å²) in [6.45, 7) is 0. The Hall–Kier alpha value is -1.85. The monoisotopic (exact) mass is 316 g/mol. The molecule has 106 valence electrons. The molecular weight excluding hydrogens is 304 g/mol. The van der Waals surface area contributed by atoms with Crippen molar-refractivity contribution in [1.29, 1.82) is 0 Å². The molecule has 0 radical (unpaired) electrons. The van der Waals surface area contributed by atoms with Crippen LogP contribution in [0, 0.1) is 0 Å². The van der Waals surface area contributed by atoms with E-state index < -0.39 is 5.97 Å². The molecule has 0 saturated heterocycles. The molecule has 1 heterocycles. The van der Waals surface area contributed by atoms with Crippen molar-refractivity contribution in [2.24, 2.45) is 0 Å². The molecule has 1 aliphatic rings. The molecule has 1 N–H and O–H groups in total. The number of rotatable bonds is 3. The highest BCUT2D eigenvalue weighted by molar-refractivity contribution is 8.05. The average Bonchev–Trinajstić information content (AvgIpc) is 2.50. The van der Waals surface area contributed by atoms with E-state index in [0.29, 0.717) is 5.56 Å². The highest BCUT2D eigenvalue weighted by atomic mass is 32.2. The zero-order chi connectivity index (χ0) is 14.8. The topological polar surface area (TPSA) is 46.5 Å². The van der Waals surface area contributed by atoms with Crippen LogP contribution in [-0.2, 0) is 9.53 Å². The quantitative estimate of drug-likeness (QED) is 0.574. The van der Waals surface area contributed by atoms with E-state index in [1.165, 1.54) is 18.3 Å². The molecule has 0 aliphatic carbocycles. The van der Waals surface area contributed by atoms with Crippen molar-refractivity contribution >= 4 is 35.1 Å². The van der Waals surface area contributed by atoms with E-state index in [4.69, 9.17) is 4.74 Å². The molecule has 2 aromatic carbocycles. The van der Waals surface area contributed by atoms with Crippen LogP contribution in [0.15, 0.2) is 68.3 Å². The number of methoxy groups -OCH3 is 1. The van der Waals surface area contributed by atoms with Crippen LogP contribution >= 0.6 is 23.5 Å². The van der Waals surface area contributed by atoms with Crippen LogP contribution in [0.25, 0.3) is 5.57 Å². The summed E-state index contributed by atoms with van der Waals surface area (Å²) in [7, 11) is 1.45. The first-order chi connectivity index (χ1) is 10.2. The Bertz CT molecular complexity index is 738. The first-order valence-corrected chi connectivity index (χ1v) is 7.88. The number of carboxylic acids is 1. The average molecular weight is 316 g/mol. The Morgan fingerprint density at radius 3 is 2.38 bits per heavy atom. The number of aliphatic carboxylic acids is 1. The van der Waals surface area contributed by atoms with E-state index in [1.807, 2.05) is 36.4 Å². The van der Waals surface area contributed by atoms with E-state index in [0.717, 1.165) is 14.7 Å². The third-order valence-corrected chi connectivity index (χ3v) is 5.63. The fraction of sp³-hybridized carbons (Fsp3) is 0.0625. The number of benzene rings is 2. The number of carbonyl (C=O) groups is 1. The van der Waals surface area contributed by atoms with Gasteiger partial charge < -0.3 is 9.84 Å². The standard InChI is InChI=1S/C16H12O3S2/c1-19-9-11(16(17)18)10-5-4-8-14-15(10)21-13-7-3-2-6-12(13)20-14/h2-9H,1H3,(H,17,18)/b11-9+. The molecule has 0 aromatic heterocycles. The molecular formula is C16H12O3S2. The van der Waals surface area contributed by atoms with E-state index in [2.05, 4.69) is 6.07 Å². The lowest BCUT2D eigenvalue weighted by Gasteiger charge is -2.20. The summed E-state index contributed by atoms with van der Waals surface area (Å²) >= 11 is 3.26. The van der Waals surface area contributed by atoms with Gasteiger partial charge in [0.2, 0.25) is 0 Å². The van der Waals surface area contributed by atoms with Gasteiger partial charge in [0.05, 0.1) is 13.4 Å². The maximum absolute atomic E-state index is 11.5. The zero-order valence-corrected chi connectivity index (χ0v) is 12.8. The number of hydrogen-bond acceptors (Lipinski definition) is 4. The Morgan fingerprint density at radius 2 is 1.71 bits per heavy atom. The maximum atomic E-state index is 11.5. The third-order valence-electron chi connectivity index (χ3n) is 3.02. The third kappa shape index (κ3) is 2.66. The minimum Gasteiger partial charge on any atom is -0.503 e. The van der Waals surface area contributed by atoms with E-state index in [-0.39, 0.29) is 5.57 Å². The van der Waals surface area contributed by atoms with Crippen LogP contribution in [0.2, 0.25) is 0 Å². The Morgan fingerprint density at radius 1 is 1.05 bits per heavy atom. The Labute approximate surface area is 131 Å². The number of hydrogen-bond donors (Lipinski definition) is 1. The van der Waals surface area contributed by atoms with Crippen molar-refractivity contribution in [3.05, 3.63) is 54.3 Å². The van der Waals surface area contributed by atoms with Crippen molar-refractivity contribution in [3.63, 3.8) is 0 Å². The Balaban J connectivity index is 2.12. The zero-order valence-electron chi connectivity index (χ0n) is 11.2. The lowest BCUT2D eigenvalue weighted by atomic mass is 10.1. The van der Waals surface area contributed by atoms with Gasteiger partial charge in [0.25, 0.3) is 0 Å². The lowest BCUT2D eigenvalue weighted by Crippen LogP contribution is -2.03. The predicted octanol–water partition coefficient (Wildman–Crippen LogP) is 4.37. The van der Waals surface area contributed by atoms with Gasteiger partial charge in [-0.2, -0.15) is 0 Å². The van der Waals surface area contributed by atoms with Gasteiger partial charge in [0.15, 0.2) is 0 Å². The van der Waals surface area contributed by atoms with Crippen molar-refractivity contribution in [2.75, 3.05) is 7.11 Å². The van der Waals surface area contributed by atoms with Crippen LogP contribution in [0.1, 0.15) is 5.56 Å². The molecule has 2 aromatic rings. The molecule has 5 heteroatoms. The second kappa shape index (κ2) is 5.87. The van der Waals surface area contributed by atoms with Gasteiger partial charge in [-0.05, 0) is 18.2 Å². The molecule has 0 spiro atoms. The molecule has 0 saturated carbocycles. The minimum atomic E-state index is -0.991. The van der Waals surface area contributed by atoms with Gasteiger partial charge in [-0.3, -0.25) is 0 Å². The van der Waals surface area contributed by atoms with Crippen LogP contribution in [-0.4, -0.2) is 18.2 Å². The van der Waals surface area contributed by atoms with Gasteiger partial charge in [-0.15, -0.1) is 0 Å². The summed E-state index contributed by atoms with van der Waals surface area (Å²) in [5.74, 6) is -0.991. The van der Waals surface area contributed by atoms with Crippen LogP contribution in [0.4, 0.5) is 0 Å². The molecule has 0 amide bonds. The van der Waals surface area contributed by atoms with Crippen molar-refractivity contribution in [2.45, 2.75) is 19.6 Å². The summed E-state index contributed by atoms with van der Waals surface area (Å²) in [4.78, 5) is 15.8. The van der Waals surface area contributed by atoms with Crippen molar-refractivity contribution in [1.82, 2.24) is 0 Å². The van der Waals surface area contributed by atoms with Crippen LogP contribution in [0.5, 0.6) is 0 Å². The summed E-state index contributed by atoms with van der Waals surface area (Å²) in [6, 6.07) is 13.8. The van der Waals surface area contributed by atoms with E-state index >= 15 is 0 Å². The smallest absolute Gasteiger partial charge is 0.339 e. The molecule has 0 fully saturated rings. The second-order valence-electron chi connectivity index (χ2n) is 4.36. The summed E-state index contributed by atoms with van der Waals surface area (Å²) < 4.78 is 4.92. The summed E-state index contributed by atoms with van der Waals surface area (Å²) in [5.41, 5.74) is 0.857. The van der Waals surface area contributed by atoms with Gasteiger partial charge in [0.1, 0.15) is 5.57 Å². The SMILES string of the molecule is CO/C=C(/C(=O)O)c1cccc2c1Sc1ccccc1S2. The number of ether oxygens (including phenoxy) is 1. The molecule has 3 nitrogen and oxygen atoms in total. The maximum Gasteiger partial charge on any atom is 0.339 e. The largest absolute Gasteiger partial charge is 0.503 e. The molecule has 21 heavy (non-hydrogen) atoms.